The predicted octanol–water partition coefficient (Wildman–Crippen LogP) is 1.34. The van der Waals surface area contributed by atoms with Crippen molar-refractivity contribution in [3.05, 3.63) is 29.8 Å². The van der Waals surface area contributed by atoms with Crippen LogP contribution in [0.4, 0.5) is 4.79 Å². The van der Waals surface area contributed by atoms with E-state index in [1.54, 1.807) is 38.1 Å². The Balaban J connectivity index is 2.16. The molecule has 0 saturated carbocycles. The molecule has 0 bridgehead atoms. The summed E-state index contributed by atoms with van der Waals surface area (Å²) in [6.07, 6.45) is -0.665. The lowest BCUT2D eigenvalue weighted by atomic mass is 10.1. The van der Waals surface area contributed by atoms with Crippen LogP contribution in [0.5, 0.6) is 0 Å². The number of hydrogen-bond donors (Lipinski definition) is 2. The number of carbonyl (C=O) groups is 3. The number of urea groups is 1. The molecule has 0 aromatic heterocycles. The number of carbonyl (C=O) groups excluding carboxylic acids is 3. The van der Waals surface area contributed by atoms with E-state index in [1.807, 2.05) is 5.32 Å². The van der Waals surface area contributed by atoms with Gasteiger partial charge in [0.2, 0.25) is 0 Å². The number of benzene rings is 1. The number of rotatable bonds is 6. The van der Waals surface area contributed by atoms with Gasteiger partial charge in [-0.25, -0.2) is 18.0 Å². The van der Waals surface area contributed by atoms with Gasteiger partial charge in [0, 0.05) is 10.1 Å². The molecule has 10 heteroatoms. The summed E-state index contributed by atoms with van der Waals surface area (Å²) < 4.78 is 28.6. The smallest absolute Gasteiger partial charge is 0.340 e. The maximum Gasteiger partial charge on any atom is 0.340 e. The molecule has 0 aliphatic carbocycles. The first-order valence-electron chi connectivity index (χ1n) is 8.36. The SMILES string of the molecule is CC(C)[C@@H](OC(=O)c1ccccc1S[C@@H]1CCS(=O)(=O)C1)C(=O)NC(N)=O. The lowest BCUT2D eigenvalue weighted by Crippen LogP contribution is -2.45. The molecule has 0 unspecified atom stereocenters. The number of ether oxygens (including phenoxy) is 1. The minimum absolute atomic E-state index is 0.0662. The summed E-state index contributed by atoms with van der Waals surface area (Å²) in [6, 6.07) is 5.62. The fourth-order valence-electron chi connectivity index (χ4n) is 2.64. The van der Waals surface area contributed by atoms with Gasteiger partial charge in [-0.05, 0) is 24.5 Å². The number of sulfone groups is 1. The highest BCUT2D eigenvalue weighted by atomic mass is 32.2. The second kappa shape index (κ2) is 8.75. The fraction of sp³-hybridized carbons (Fsp3) is 0.471. The summed E-state index contributed by atoms with van der Waals surface area (Å²) in [4.78, 5) is 36.1. The number of nitrogens with one attached hydrogen (secondary N) is 1. The van der Waals surface area contributed by atoms with Crippen molar-refractivity contribution in [3.8, 4) is 0 Å². The Morgan fingerprint density at radius 1 is 1.26 bits per heavy atom. The van der Waals surface area contributed by atoms with Crippen LogP contribution in [0.3, 0.4) is 0 Å². The maximum absolute atomic E-state index is 12.6. The van der Waals surface area contributed by atoms with Gasteiger partial charge in [0.25, 0.3) is 5.91 Å². The molecule has 148 valence electrons. The summed E-state index contributed by atoms with van der Waals surface area (Å²) in [7, 11) is -3.04. The Morgan fingerprint density at radius 3 is 2.48 bits per heavy atom. The van der Waals surface area contributed by atoms with Crippen molar-refractivity contribution < 1.29 is 27.5 Å². The van der Waals surface area contributed by atoms with E-state index in [1.165, 1.54) is 11.8 Å². The Kier molecular flexibility index (Phi) is 6.88. The molecule has 2 atom stereocenters. The van der Waals surface area contributed by atoms with E-state index >= 15 is 0 Å². The normalized spacial score (nSPS) is 19.4. The molecule has 27 heavy (non-hydrogen) atoms. The van der Waals surface area contributed by atoms with Gasteiger partial charge < -0.3 is 10.5 Å². The third-order valence-corrected chi connectivity index (χ3v) is 7.26. The van der Waals surface area contributed by atoms with Crippen molar-refractivity contribution in [2.45, 2.75) is 36.5 Å². The minimum atomic E-state index is -3.04. The van der Waals surface area contributed by atoms with Crippen LogP contribution in [0, 0.1) is 5.92 Å². The lowest BCUT2D eigenvalue weighted by molar-refractivity contribution is -0.130. The van der Waals surface area contributed by atoms with Crippen molar-refractivity contribution in [2.24, 2.45) is 11.7 Å². The van der Waals surface area contributed by atoms with Gasteiger partial charge in [-0.2, -0.15) is 0 Å². The number of thioether (sulfide) groups is 1. The molecule has 3 amide bonds. The first-order valence-corrected chi connectivity index (χ1v) is 11.1. The fourth-order valence-corrected chi connectivity index (χ4v) is 6.25. The summed E-state index contributed by atoms with van der Waals surface area (Å²) >= 11 is 1.31. The highest BCUT2D eigenvalue weighted by molar-refractivity contribution is 8.02. The van der Waals surface area contributed by atoms with Gasteiger partial charge in [-0.3, -0.25) is 10.1 Å². The molecule has 1 aromatic rings. The lowest BCUT2D eigenvalue weighted by Gasteiger charge is -2.20. The number of hydrogen-bond acceptors (Lipinski definition) is 7. The van der Waals surface area contributed by atoms with E-state index in [2.05, 4.69) is 0 Å². The molecular formula is C17H22N2O6S2. The number of esters is 1. The first kappa shape index (κ1) is 21.2. The van der Waals surface area contributed by atoms with Gasteiger partial charge in [-0.1, -0.05) is 26.0 Å². The third kappa shape index (κ3) is 5.96. The van der Waals surface area contributed by atoms with Crippen molar-refractivity contribution >= 4 is 39.5 Å². The van der Waals surface area contributed by atoms with Crippen LogP contribution < -0.4 is 11.1 Å². The van der Waals surface area contributed by atoms with E-state index in [9.17, 15) is 22.8 Å². The molecule has 1 aromatic carbocycles. The minimum Gasteiger partial charge on any atom is -0.448 e. The van der Waals surface area contributed by atoms with E-state index < -0.39 is 33.8 Å². The highest BCUT2D eigenvalue weighted by Gasteiger charge is 2.31. The van der Waals surface area contributed by atoms with Crippen molar-refractivity contribution in [2.75, 3.05) is 11.5 Å². The first-order chi connectivity index (χ1) is 12.6. The zero-order valence-corrected chi connectivity index (χ0v) is 16.6. The van der Waals surface area contributed by atoms with Gasteiger partial charge in [0.15, 0.2) is 15.9 Å². The quantitative estimate of drug-likeness (QED) is 0.671. The maximum atomic E-state index is 12.6. The Labute approximate surface area is 162 Å². The number of primary amides is 1. The average molecular weight is 415 g/mol. The van der Waals surface area contributed by atoms with Crippen molar-refractivity contribution in [1.29, 1.82) is 0 Å². The Hall–Kier alpha value is -2.07. The molecule has 0 spiro atoms. The summed E-state index contributed by atoms with van der Waals surface area (Å²) in [5, 5.41) is 1.78. The number of amides is 3. The second-order valence-corrected chi connectivity index (χ2v) is 10.1. The molecule has 1 saturated heterocycles. The third-order valence-electron chi connectivity index (χ3n) is 3.94. The monoisotopic (exact) mass is 414 g/mol. The summed E-state index contributed by atoms with van der Waals surface area (Å²) in [5.41, 5.74) is 5.19. The van der Waals surface area contributed by atoms with Crippen molar-refractivity contribution in [1.82, 2.24) is 5.32 Å². The van der Waals surface area contributed by atoms with Gasteiger partial charge >= 0.3 is 12.0 Å². The summed E-state index contributed by atoms with van der Waals surface area (Å²) in [5.74, 6) is -1.69. The molecule has 0 radical (unpaired) electrons. The van der Waals surface area contributed by atoms with Crippen molar-refractivity contribution in [3.63, 3.8) is 0 Å². The van der Waals surface area contributed by atoms with E-state index in [4.69, 9.17) is 10.5 Å². The number of imide groups is 1. The van der Waals surface area contributed by atoms with Crippen LogP contribution in [0.2, 0.25) is 0 Å². The predicted molar refractivity (Wildman–Crippen MR) is 101 cm³/mol. The zero-order valence-electron chi connectivity index (χ0n) is 15.0. The average Bonchev–Trinajstić information content (AvgIpc) is 2.90. The molecule has 2 rings (SSSR count). The molecule has 1 fully saturated rings. The molecule has 1 aliphatic heterocycles. The van der Waals surface area contributed by atoms with Gasteiger partial charge in [0.1, 0.15) is 0 Å². The molecule has 3 N–H and O–H groups in total. The molecule has 8 nitrogen and oxygen atoms in total. The van der Waals surface area contributed by atoms with E-state index in [0.717, 1.165) is 0 Å². The largest absolute Gasteiger partial charge is 0.448 e. The summed E-state index contributed by atoms with van der Waals surface area (Å²) in [6.45, 7) is 3.34. The van der Waals surface area contributed by atoms with Crippen LogP contribution in [0.25, 0.3) is 0 Å². The van der Waals surface area contributed by atoms with Crippen LogP contribution in [0.1, 0.15) is 30.6 Å². The molecule has 1 aliphatic rings. The molecular weight excluding hydrogens is 392 g/mol. The van der Waals surface area contributed by atoms with Crippen LogP contribution in [-0.4, -0.2) is 49.2 Å². The van der Waals surface area contributed by atoms with Gasteiger partial charge in [-0.15, -0.1) is 11.8 Å². The Morgan fingerprint density at radius 2 is 1.93 bits per heavy atom. The topological polar surface area (TPSA) is 133 Å². The Bertz CT molecular complexity index is 838. The van der Waals surface area contributed by atoms with Gasteiger partial charge in [0.05, 0.1) is 17.1 Å². The van der Waals surface area contributed by atoms with Crippen LogP contribution in [0.15, 0.2) is 29.2 Å². The molecule has 1 heterocycles. The van der Waals surface area contributed by atoms with Crippen LogP contribution >= 0.6 is 11.8 Å². The van der Waals surface area contributed by atoms with E-state index in [0.29, 0.717) is 11.3 Å². The highest BCUT2D eigenvalue weighted by Crippen LogP contribution is 2.33. The second-order valence-electron chi connectivity index (χ2n) is 6.56. The zero-order chi connectivity index (χ0) is 20.2. The number of nitrogens with two attached hydrogens (primary N) is 1. The van der Waals surface area contributed by atoms with Crippen LogP contribution in [-0.2, 0) is 19.4 Å². The standard InChI is InChI=1S/C17H22N2O6S2/c1-10(2)14(15(20)19-17(18)22)25-16(21)12-5-3-4-6-13(12)26-11-7-8-27(23,24)9-11/h3-6,10-11,14H,7-9H2,1-2H3,(H3,18,19,20,22)/t11-,14-/m1/s1. The van der Waals surface area contributed by atoms with E-state index in [-0.39, 0.29) is 28.2 Å².